The van der Waals surface area contributed by atoms with Crippen molar-refractivity contribution < 1.29 is 9.59 Å². The van der Waals surface area contributed by atoms with E-state index in [0.29, 0.717) is 13.0 Å². The summed E-state index contributed by atoms with van der Waals surface area (Å²) in [7, 11) is 0. The molecule has 0 aromatic rings. The molecule has 1 fully saturated rings. The SMILES string of the molecule is CCC1NC(=O)CN(CC(C)(C)CC)C1=O. The summed E-state index contributed by atoms with van der Waals surface area (Å²) in [5, 5.41) is 2.72. The summed E-state index contributed by atoms with van der Waals surface area (Å²) in [6.45, 7) is 9.12. The number of amides is 2. The molecule has 0 saturated carbocycles. The van der Waals surface area contributed by atoms with Crippen molar-refractivity contribution in [2.24, 2.45) is 5.41 Å². The van der Waals surface area contributed by atoms with Crippen LogP contribution in [0.25, 0.3) is 0 Å². The molecule has 2 amide bonds. The standard InChI is InChI=1S/C12H22N2O2/c1-5-9-11(16)14(7-10(15)13-9)8-12(3,4)6-2/h9H,5-8H2,1-4H3,(H,13,15). The predicted molar refractivity (Wildman–Crippen MR) is 62.9 cm³/mol. The summed E-state index contributed by atoms with van der Waals surface area (Å²) in [4.78, 5) is 25.2. The minimum Gasteiger partial charge on any atom is -0.343 e. The number of hydrogen-bond acceptors (Lipinski definition) is 2. The Morgan fingerprint density at radius 1 is 1.38 bits per heavy atom. The first-order valence-electron chi connectivity index (χ1n) is 5.97. The predicted octanol–water partition coefficient (Wildman–Crippen LogP) is 1.16. The van der Waals surface area contributed by atoms with E-state index in [2.05, 4.69) is 26.1 Å². The van der Waals surface area contributed by atoms with Crippen LogP contribution in [-0.4, -0.2) is 35.8 Å². The summed E-state index contributed by atoms with van der Waals surface area (Å²) >= 11 is 0. The van der Waals surface area contributed by atoms with E-state index in [1.807, 2.05) is 6.92 Å². The molecule has 92 valence electrons. The van der Waals surface area contributed by atoms with Crippen LogP contribution in [0.5, 0.6) is 0 Å². The lowest BCUT2D eigenvalue weighted by atomic mass is 9.89. The Balaban J connectivity index is 2.71. The lowest BCUT2D eigenvalue weighted by molar-refractivity contribution is -0.145. The number of hydrogen-bond donors (Lipinski definition) is 1. The Morgan fingerprint density at radius 3 is 2.50 bits per heavy atom. The number of carbonyl (C=O) groups excluding carboxylic acids is 2. The van der Waals surface area contributed by atoms with Crippen LogP contribution in [0.15, 0.2) is 0 Å². The lowest BCUT2D eigenvalue weighted by Gasteiger charge is -2.37. The van der Waals surface area contributed by atoms with Crippen LogP contribution in [0.3, 0.4) is 0 Å². The van der Waals surface area contributed by atoms with Crippen LogP contribution in [0.4, 0.5) is 0 Å². The highest BCUT2D eigenvalue weighted by Gasteiger charge is 2.33. The fourth-order valence-corrected chi connectivity index (χ4v) is 1.81. The highest BCUT2D eigenvalue weighted by Crippen LogP contribution is 2.22. The summed E-state index contributed by atoms with van der Waals surface area (Å²) in [6, 6.07) is -0.325. The van der Waals surface area contributed by atoms with Gasteiger partial charge in [-0.05, 0) is 18.3 Å². The van der Waals surface area contributed by atoms with E-state index >= 15 is 0 Å². The summed E-state index contributed by atoms with van der Waals surface area (Å²) in [5.74, 6) is 0.0157. The molecule has 1 N–H and O–H groups in total. The van der Waals surface area contributed by atoms with E-state index in [-0.39, 0.29) is 29.8 Å². The Kier molecular flexibility index (Phi) is 3.94. The molecule has 1 aliphatic rings. The van der Waals surface area contributed by atoms with Gasteiger partial charge in [0.25, 0.3) is 0 Å². The zero-order chi connectivity index (χ0) is 12.3. The Morgan fingerprint density at radius 2 is 2.00 bits per heavy atom. The smallest absolute Gasteiger partial charge is 0.245 e. The van der Waals surface area contributed by atoms with Gasteiger partial charge < -0.3 is 10.2 Å². The van der Waals surface area contributed by atoms with E-state index in [9.17, 15) is 9.59 Å². The maximum atomic E-state index is 12.0. The second-order valence-corrected chi connectivity index (χ2v) is 5.24. The highest BCUT2D eigenvalue weighted by atomic mass is 16.2. The third-order valence-electron chi connectivity index (χ3n) is 3.26. The minimum absolute atomic E-state index is 0.0432. The van der Waals surface area contributed by atoms with Crippen molar-refractivity contribution in [2.45, 2.75) is 46.6 Å². The van der Waals surface area contributed by atoms with Gasteiger partial charge in [0, 0.05) is 6.54 Å². The van der Waals surface area contributed by atoms with Crippen molar-refractivity contribution in [3.63, 3.8) is 0 Å². The number of piperazine rings is 1. The molecule has 0 radical (unpaired) electrons. The largest absolute Gasteiger partial charge is 0.343 e. The van der Waals surface area contributed by atoms with Gasteiger partial charge in [-0.1, -0.05) is 27.7 Å². The van der Waals surface area contributed by atoms with Gasteiger partial charge in [0.05, 0.1) is 6.54 Å². The molecule has 0 aromatic carbocycles. The fraction of sp³-hybridized carbons (Fsp3) is 0.833. The third kappa shape index (κ3) is 2.97. The first kappa shape index (κ1) is 13.0. The molecular formula is C12H22N2O2. The van der Waals surface area contributed by atoms with Gasteiger partial charge >= 0.3 is 0 Å². The molecule has 0 spiro atoms. The molecule has 1 heterocycles. The maximum absolute atomic E-state index is 12.0. The maximum Gasteiger partial charge on any atom is 0.245 e. The highest BCUT2D eigenvalue weighted by molar-refractivity contribution is 5.94. The van der Waals surface area contributed by atoms with E-state index in [0.717, 1.165) is 6.42 Å². The Labute approximate surface area is 97.4 Å². The van der Waals surface area contributed by atoms with E-state index in [4.69, 9.17) is 0 Å². The average molecular weight is 226 g/mol. The first-order valence-corrected chi connectivity index (χ1v) is 5.97. The van der Waals surface area contributed by atoms with Crippen molar-refractivity contribution in [1.82, 2.24) is 10.2 Å². The van der Waals surface area contributed by atoms with E-state index in [1.165, 1.54) is 0 Å². The molecule has 1 atom stereocenters. The summed E-state index contributed by atoms with van der Waals surface area (Å²) < 4.78 is 0. The van der Waals surface area contributed by atoms with Gasteiger partial charge in [-0.2, -0.15) is 0 Å². The molecule has 1 rings (SSSR count). The second-order valence-electron chi connectivity index (χ2n) is 5.24. The molecule has 4 heteroatoms. The summed E-state index contributed by atoms with van der Waals surface area (Å²) in [5.41, 5.74) is 0.0750. The van der Waals surface area contributed by atoms with Crippen molar-refractivity contribution >= 4 is 11.8 Å². The van der Waals surface area contributed by atoms with Gasteiger partial charge in [-0.25, -0.2) is 0 Å². The number of nitrogens with zero attached hydrogens (tertiary/aromatic N) is 1. The first-order chi connectivity index (χ1) is 7.39. The van der Waals surface area contributed by atoms with Crippen LogP contribution in [0, 0.1) is 5.41 Å². The lowest BCUT2D eigenvalue weighted by Crippen LogP contribution is -2.59. The fourth-order valence-electron chi connectivity index (χ4n) is 1.81. The van der Waals surface area contributed by atoms with Crippen LogP contribution in [0.2, 0.25) is 0 Å². The molecule has 0 bridgehead atoms. The third-order valence-corrected chi connectivity index (χ3v) is 3.26. The van der Waals surface area contributed by atoms with E-state index in [1.54, 1.807) is 4.90 Å². The monoisotopic (exact) mass is 226 g/mol. The van der Waals surface area contributed by atoms with Crippen molar-refractivity contribution in [2.75, 3.05) is 13.1 Å². The van der Waals surface area contributed by atoms with E-state index < -0.39 is 0 Å². The molecule has 16 heavy (non-hydrogen) atoms. The van der Waals surface area contributed by atoms with Gasteiger partial charge in [0.1, 0.15) is 6.04 Å². The Bertz CT molecular complexity index is 287. The average Bonchev–Trinajstić information content (AvgIpc) is 2.22. The molecule has 0 aromatic heterocycles. The number of rotatable bonds is 4. The zero-order valence-electron chi connectivity index (χ0n) is 10.7. The molecule has 4 nitrogen and oxygen atoms in total. The van der Waals surface area contributed by atoms with Crippen LogP contribution < -0.4 is 5.32 Å². The second kappa shape index (κ2) is 4.85. The normalized spacial score (nSPS) is 22.2. The molecule has 0 aliphatic carbocycles. The zero-order valence-corrected chi connectivity index (χ0v) is 10.7. The molecule has 1 saturated heterocycles. The number of carbonyl (C=O) groups is 2. The number of nitrogens with one attached hydrogen (secondary N) is 1. The topological polar surface area (TPSA) is 49.4 Å². The molecular weight excluding hydrogens is 204 g/mol. The van der Waals surface area contributed by atoms with Crippen LogP contribution >= 0.6 is 0 Å². The quantitative estimate of drug-likeness (QED) is 0.782. The van der Waals surface area contributed by atoms with Gasteiger partial charge in [0.2, 0.25) is 11.8 Å². The minimum atomic E-state index is -0.325. The van der Waals surface area contributed by atoms with Crippen LogP contribution in [-0.2, 0) is 9.59 Å². The van der Waals surface area contributed by atoms with Crippen molar-refractivity contribution in [3.05, 3.63) is 0 Å². The van der Waals surface area contributed by atoms with Gasteiger partial charge in [-0.15, -0.1) is 0 Å². The molecule has 1 unspecified atom stereocenters. The van der Waals surface area contributed by atoms with Gasteiger partial charge in [0.15, 0.2) is 0 Å². The summed E-state index contributed by atoms with van der Waals surface area (Å²) in [6.07, 6.45) is 1.66. The molecule has 1 aliphatic heterocycles. The van der Waals surface area contributed by atoms with Crippen molar-refractivity contribution in [1.29, 1.82) is 0 Å². The van der Waals surface area contributed by atoms with Gasteiger partial charge in [-0.3, -0.25) is 9.59 Å². The Hall–Kier alpha value is -1.06. The van der Waals surface area contributed by atoms with Crippen molar-refractivity contribution in [3.8, 4) is 0 Å². The van der Waals surface area contributed by atoms with Crippen LogP contribution in [0.1, 0.15) is 40.5 Å².